The summed E-state index contributed by atoms with van der Waals surface area (Å²) in [7, 11) is 6.12. The Kier molecular flexibility index (Phi) is 1.87. The molecule has 2 nitrogen and oxygen atoms in total. The summed E-state index contributed by atoms with van der Waals surface area (Å²) in [4.78, 5) is 11.4. The van der Waals surface area contributed by atoms with Gasteiger partial charge in [0.05, 0.1) is 0 Å². The molecule has 0 heterocycles. The molecule has 0 saturated carbocycles. The van der Waals surface area contributed by atoms with Gasteiger partial charge in [0.15, 0.2) is 15.8 Å². The van der Waals surface area contributed by atoms with Gasteiger partial charge in [-0.15, -0.1) is 0 Å². The van der Waals surface area contributed by atoms with E-state index < -0.39 is 0 Å². The van der Waals surface area contributed by atoms with Gasteiger partial charge in [-0.3, -0.25) is 4.79 Å². The predicted molar refractivity (Wildman–Crippen MR) is 24.8 cm³/mol. The van der Waals surface area contributed by atoms with E-state index in [-0.39, 0.29) is 5.53 Å². The Morgan fingerprint density at radius 1 is 1.67 bits per heavy atom. The average molecular weight is 100 g/mol. The molecule has 33 valence electrons. The second kappa shape index (κ2) is 1.97. The van der Waals surface area contributed by atoms with Gasteiger partial charge in [0, 0.05) is 14.1 Å². The van der Waals surface area contributed by atoms with Crippen LogP contribution in [0.2, 0.25) is 0 Å². The zero-order valence-corrected chi connectivity index (χ0v) is 4.86. The Morgan fingerprint density at radius 3 is 1.83 bits per heavy atom. The molecule has 0 atom stereocenters. The summed E-state index contributed by atoms with van der Waals surface area (Å²) < 4.78 is 0. The fourth-order valence-electron chi connectivity index (χ4n) is 0. The van der Waals surface area contributed by atoms with Gasteiger partial charge < -0.3 is 4.90 Å². The molecule has 0 N–H and O–H groups in total. The third-order valence-electron chi connectivity index (χ3n) is 0.406. The molecule has 0 rings (SSSR count). The van der Waals surface area contributed by atoms with E-state index >= 15 is 0 Å². The van der Waals surface area contributed by atoms with E-state index in [9.17, 15) is 4.79 Å². The maximum atomic E-state index is 9.98. The van der Waals surface area contributed by atoms with Crippen molar-refractivity contribution in [1.29, 1.82) is 0 Å². The van der Waals surface area contributed by atoms with Crippen LogP contribution >= 0.6 is 0 Å². The maximum Gasteiger partial charge on any atom is 0.186 e. The summed E-state index contributed by atoms with van der Waals surface area (Å²) in [6, 6.07) is 0. The lowest BCUT2D eigenvalue weighted by Crippen LogP contribution is -2.18. The molecular formula is C3H6NOSi. The fourth-order valence-corrected chi connectivity index (χ4v) is 0. The molecule has 0 aliphatic rings. The van der Waals surface area contributed by atoms with Crippen molar-refractivity contribution in [2.45, 2.75) is 0 Å². The van der Waals surface area contributed by atoms with E-state index in [0.717, 1.165) is 0 Å². The molecule has 3 radical (unpaired) electrons. The number of rotatable bonds is 0. The van der Waals surface area contributed by atoms with Crippen LogP contribution in [0, 0.1) is 0 Å². The van der Waals surface area contributed by atoms with Crippen molar-refractivity contribution in [3.8, 4) is 0 Å². The summed E-state index contributed by atoms with van der Waals surface area (Å²) in [5.74, 6) is 0. The van der Waals surface area contributed by atoms with Crippen molar-refractivity contribution in [2.24, 2.45) is 0 Å². The van der Waals surface area contributed by atoms with Gasteiger partial charge in [-0.05, 0) is 0 Å². The summed E-state index contributed by atoms with van der Waals surface area (Å²) >= 11 is 0. The predicted octanol–water partition coefficient (Wildman–Crippen LogP) is -0.163. The first-order valence-electron chi connectivity index (χ1n) is 1.57. The van der Waals surface area contributed by atoms with Gasteiger partial charge in [0.2, 0.25) is 0 Å². The quantitative estimate of drug-likeness (QED) is 0.387. The van der Waals surface area contributed by atoms with E-state index in [1.165, 1.54) is 4.90 Å². The lowest BCUT2D eigenvalue weighted by atomic mass is 11.0. The Morgan fingerprint density at radius 2 is 1.83 bits per heavy atom. The molecule has 3 heteroatoms. The smallest absolute Gasteiger partial charge is 0.186 e. The van der Waals surface area contributed by atoms with Gasteiger partial charge in [-0.1, -0.05) is 0 Å². The summed E-state index contributed by atoms with van der Waals surface area (Å²) in [6.07, 6.45) is 0. The molecule has 0 aromatic heterocycles. The monoisotopic (exact) mass is 100 g/mol. The molecule has 0 bridgehead atoms. The SMILES string of the molecule is CN(C)C(=O)[Si]. The van der Waals surface area contributed by atoms with Crippen LogP contribution in [0.3, 0.4) is 0 Å². The van der Waals surface area contributed by atoms with Crippen LogP contribution < -0.4 is 0 Å². The molecule has 0 saturated heterocycles. The van der Waals surface area contributed by atoms with Crippen LogP contribution in [0.15, 0.2) is 0 Å². The number of carbonyl (C=O) groups excluding carboxylic acids is 1. The first kappa shape index (κ1) is 5.69. The topological polar surface area (TPSA) is 20.3 Å². The molecule has 1 amide bonds. The fraction of sp³-hybridized carbons (Fsp3) is 0.667. The minimum absolute atomic E-state index is 0.102. The maximum absolute atomic E-state index is 9.98. The highest BCUT2D eigenvalue weighted by Crippen LogP contribution is 1.69. The van der Waals surface area contributed by atoms with Crippen molar-refractivity contribution in [3.05, 3.63) is 0 Å². The average Bonchev–Trinajstić information content (AvgIpc) is 1.36. The van der Waals surface area contributed by atoms with Crippen LogP contribution in [-0.4, -0.2) is 34.8 Å². The summed E-state index contributed by atoms with van der Waals surface area (Å²) in [6.45, 7) is 0. The molecule has 0 aromatic carbocycles. The number of carbonyl (C=O) groups is 1. The Hall–Kier alpha value is -0.313. The first-order chi connectivity index (χ1) is 2.64. The van der Waals surface area contributed by atoms with Crippen LogP contribution in [0.25, 0.3) is 0 Å². The zero-order valence-electron chi connectivity index (χ0n) is 3.86. The summed E-state index contributed by atoms with van der Waals surface area (Å²) in [5.41, 5.74) is -0.102. The van der Waals surface area contributed by atoms with E-state index in [1.807, 2.05) is 0 Å². The highest BCUT2D eigenvalue weighted by atomic mass is 28.1. The molecule has 6 heavy (non-hydrogen) atoms. The van der Waals surface area contributed by atoms with E-state index in [2.05, 4.69) is 10.2 Å². The number of hydrogen-bond acceptors (Lipinski definition) is 1. The van der Waals surface area contributed by atoms with Crippen molar-refractivity contribution < 1.29 is 4.79 Å². The minimum atomic E-state index is -0.102. The number of amides is 1. The Balaban J connectivity index is 3.26. The summed E-state index contributed by atoms with van der Waals surface area (Å²) in [5, 5.41) is 0. The molecule has 0 spiro atoms. The van der Waals surface area contributed by atoms with Crippen LogP contribution in [-0.2, 0) is 0 Å². The molecule has 0 aliphatic heterocycles. The second-order valence-corrected chi connectivity index (χ2v) is 1.63. The zero-order chi connectivity index (χ0) is 5.15. The Bertz CT molecular complexity index is 61.8. The van der Waals surface area contributed by atoms with E-state index in [1.54, 1.807) is 14.1 Å². The van der Waals surface area contributed by atoms with Gasteiger partial charge >= 0.3 is 0 Å². The molecule has 0 unspecified atom stereocenters. The minimum Gasteiger partial charge on any atom is -0.354 e. The second-order valence-electron chi connectivity index (χ2n) is 1.20. The van der Waals surface area contributed by atoms with Crippen LogP contribution in [0.4, 0.5) is 4.79 Å². The van der Waals surface area contributed by atoms with Gasteiger partial charge in [0.25, 0.3) is 0 Å². The van der Waals surface area contributed by atoms with E-state index in [0.29, 0.717) is 0 Å². The lowest BCUT2D eigenvalue weighted by Gasteiger charge is -2.02. The molecular weight excluding hydrogens is 94.1 g/mol. The standard InChI is InChI=1S/C3H6NOSi/c1-4(2)3(5)6/h1-2H3. The normalized spacial score (nSPS) is 7.83. The molecule has 0 fully saturated rings. The number of hydrogen-bond donors (Lipinski definition) is 0. The molecule has 0 aliphatic carbocycles. The van der Waals surface area contributed by atoms with E-state index in [4.69, 9.17) is 0 Å². The van der Waals surface area contributed by atoms with Gasteiger partial charge in [-0.25, -0.2) is 0 Å². The third kappa shape index (κ3) is 1.96. The van der Waals surface area contributed by atoms with Crippen molar-refractivity contribution >= 4 is 15.8 Å². The van der Waals surface area contributed by atoms with Crippen molar-refractivity contribution in [3.63, 3.8) is 0 Å². The third-order valence-corrected chi connectivity index (χ3v) is 0.853. The van der Waals surface area contributed by atoms with Crippen molar-refractivity contribution in [1.82, 2.24) is 4.90 Å². The lowest BCUT2D eigenvalue weighted by molar-refractivity contribution is 0.240. The highest BCUT2D eigenvalue weighted by Gasteiger charge is 1.87. The first-order valence-corrected chi connectivity index (χ1v) is 2.07. The van der Waals surface area contributed by atoms with Gasteiger partial charge in [-0.2, -0.15) is 0 Å². The van der Waals surface area contributed by atoms with Gasteiger partial charge in [0.1, 0.15) is 0 Å². The Labute approximate surface area is 40.6 Å². The molecule has 0 aromatic rings. The largest absolute Gasteiger partial charge is 0.354 e. The van der Waals surface area contributed by atoms with Crippen LogP contribution in [0.1, 0.15) is 0 Å². The highest BCUT2D eigenvalue weighted by molar-refractivity contribution is 6.56. The number of nitrogens with zero attached hydrogens (tertiary/aromatic N) is 1. The van der Waals surface area contributed by atoms with Crippen molar-refractivity contribution in [2.75, 3.05) is 14.1 Å². The van der Waals surface area contributed by atoms with Crippen LogP contribution in [0.5, 0.6) is 0 Å².